The first kappa shape index (κ1) is 15.4. The van der Waals surface area contributed by atoms with Crippen LogP contribution >= 0.6 is 0 Å². The average Bonchev–Trinajstić information content (AvgIpc) is 3.11. The van der Waals surface area contributed by atoms with E-state index in [1.807, 2.05) is 4.90 Å². The minimum Gasteiger partial charge on any atom is -0.458 e. The molecule has 0 N–H and O–H groups in total. The van der Waals surface area contributed by atoms with Gasteiger partial charge in [0.15, 0.2) is 9.84 Å². The summed E-state index contributed by atoms with van der Waals surface area (Å²) in [6.07, 6.45) is 1.43. The second kappa shape index (κ2) is 5.44. The van der Waals surface area contributed by atoms with Gasteiger partial charge in [-0.1, -0.05) is 0 Å². The van der Waals surface area contributed by atoms with Crippen molar-refractivity contribution >= 4 is 21.8 Å². The largest absolute Gasteiger partial charge is 0.458 e. The molecule has 4 fully saturated rings. The number of esters is 2. The zero-order valence-electron chi connectivity index (χ0n) is 12.8. The van der Waals surface area contributed by atoms with Crippen molar-refractivity contribution in [2.24, 2.45) is 17.8 Å². The normalized spacial score (nSPS) is 41.0. The van der Waals surface area contributed by atoms with Crippen molar-refractivity contribution < 1.29 is 27.5 Å². The first-order chi connectivity index (χ1) is 10.9. The fourth-order valence-corrected chi connectivity index (χ4v) is 5.78. The predicted molar refractivity (Wildman–Crippen MR) is 79.2 cm³/mol. The highest BCUT2D eigenvalue weighted by atomic mass is 32.2. The molecular weight excluding hydrogens is 322 g/mol. The second-order valence-corrected chi connectivity index (χ2v) is 9.40. The lowest BCUT2D eigenvalue weighted by atomic mass is 9.88. The van der Waals surface area contributed by atoms with Crippen molar-refractivity contribution in [2.45, 2.75) is 31.5 Å². The number of carbonyl (C=O) groups excluding carboxylic acids is 2. The summed E-state index contributed by atoms with van der Waals surface area (Å²) >= 11 is 0. The number of ether oxygens (including phenoxy) is 2. The molecule has 2 aliphatic carbocycles. The molecule has 0 radical (unpaired) electrons. The van der Waals surface area contributed by atoms with E-state index in [0.29, 0.717) is 19.6 Å². The van der Waals surface area contributed by atoms with Crippen LogP contribution in [0.1, 0.15) is 19.3 Å². The van der Waals surface area contributed by atoms with Crippen LogP contribution in [-0.4, -0.2) is 68.6 Å². The van der Waals surface area contributed by atoms with Crippen LogP contribution in [0.4, 0.5) is 0 Å². The third-order valence-electron chi connectivity index (χ3n) is 5.75. The van der Waals surface area contributed by atoms with Crippen LogP contribution in [-0.2, 0) is 28.9 Å². The lowest BCUT2D eigenvalue weighted by Crippen LogP contribution is -2.42. The van der Waals surface area contributed by atoms with E-state index in [1.165, 1.54) is 0 Å². The Balaban J connectivity index is 1.26. The monoisotopic (exact) mass is 343 g/mol. The molecule has 2 saturated carbocycles. The fourth-order valence-electron chi connectivity index (χ4n) is 4.50. The molecule has 8 heteroatoms. The molecule has 128 valence electrons. The van der Waals surface area contributed by atoms with E-state index in [1.54, 1.807) is 0 Å². The maximum atomic E-state index is 12.1. The van der Waals surface area contributed by atoms with Gasteiger partial charge < -0.3 is 14.4 Å². The Labute approximate surface area is 135 Å². The highest BCUT2D eigenvalue weighted by Crippen LogP contribution is 2.55. The Morgan fingerprint density at radius 1 is 1.26 bits per heavy atom. The van der Waals surface area contributed by atoms with E-state index in [-0.39, 0.29) is 59.8 Å². The quantitative estimate of drug-likeness (QED) is 0.642. The van der Waals surface area contributed by atoms with Crippen molar-refractivity contribution in [3.8, 4) is 0 Å². The van der Waals surface area contributed by atoms with E-state index < -0.39 is 9.84 Å². The Kier molecular flexibility index (Phi) is 3.64. The van der Waals surface area contributed by atoms with E-state index in [2.05, 4.69) is 0 Å². The number of fused-ring (bicyclic) bond motifs is 1. The summed E-state index contributed by atoms with van der Waals surface area (Å²) in [6, 6.07) is 0. The minimum atomic E-state index is -2.90. The van der Waals surface area contributed by atoms with Crippen molar-refractivity contribution in [2.75, 3.05) is 31.1 Å². The van der Waals surface area contributed by atoms with Crippen LogP contribution in [0.25, 0.3) is 0 Å². The molecule has 0 aromatic rings. The maximum absolute atomic E-state index is 12.1. The Hall–Kier alpha value is -1.15. The summed E-state index contributed by atoms with van der Waals surface area (Å²) in [4.78, 5) is 25.8. The van der Waals surface area contributed by atoms with Crippen LogP contribution < -0.4 is 0 Å². The van der Waals surface area contributed by atoms with Crippen LogP contribution in [0.5, 0.6) is 0 Å². The van der Waals surface area contributed by atoms with Crippen LogP contribution in [0.2, 0.25) is 0 Å². The Morgan fingerprint density at radius 2 is 2.00 bits per heavy atom. The van der Waals surface area contributed by atoms with Gasteiger partial charge in [0.05, 0.1) is 23.8 Å². The lowest BCUT2D eigenvalue weighted by molar-refractivity contribution is -0.162. The molecule has 0 spiro atoms. The van der Waals surface area contributed by atoms with Gasteiger partial charge >= 0.3 is 11.9 Å². The minimum absolute atomic E-state index is 0.0234. The van der Waals surface area contributed by atoms with E-state index in [4.69, 9.17) is 9.47 Å². The molecule has 4 rings (SSSR count). The molecule has 5 unspecified atom stereocenters. The molecular formula is C15H21NO6S. The third kappa shape index (κ3) is 2.76. The number of hydrogen-bond acceptors (Lipinski definition) is 7. The highest BCUT2D eigenvalue weighted by Gasteiger charge is 2.63. The Morgan fingerprint density at radius 3 is 2.74 bits per heavy atom. The topological polar surface area (TPSA) is 90.0 Å². The van der Waals surface area contributed by atoms with Gasteiger partial charge in [-0.15, -0.1) is 0 Å². The average molecular weight is 343 g/mol. The fraction of sp³-hybridized carbons (Fsp3) is 0.867. The summed E-state index contributed by atoms with van der Waals surface area (Å²) in [5.41, 5.74) is 0. The highest BCUT2D eigenvalue weighted by molar-refractivity contribution is 7.91. The SMILES string of the molecule is O=C(CCN1CCS(=O)(=O)CC1)OC1C2CC3C(=O)OC1C3C2. The molecule has 7 nitrogen and oxygen atoms in total. The zero-order chi connectivity index (χ0) is 16.2. The number of carbonyl (C=O) groups is 2. The van der Waals surface area contributed by atoms with Gasteiger partial charge in [-0.2, -0.15) is 0 Å². The molecule has 23 heavy (non-hydrogen) atoms. The summed E-state index contributed by atoms with van der Waals surface area (Å²) in [6.45, 7) is 1.47. The second-order valence-electron chi connectivity index (χ2n) is 7.10. The standard InChI is InChI=1S/C15H21NO6S/c17-12(1-2-16-3-5-23(19,20)6-4-16)21-13-9-7-10-11(8-9)15(18)22-14(10)13/h9-11,13-14H,1-8H2. The van der Waals surface area contributed by atoms with Crippen LogP contribution in [0, 0.1) is 17.8 Å². The van der Waals surface area contributed by atoms with Crippen molar-refractivity contribution in [1.29, 1.82) is 0 Å². The zero-order valence-corrected chi connectivity index (χ0v) is 13.7. The van der Waals surface area contributed by atoms with Gasteiger partial charge in [0.25, 0.3) is 0 Å². The van der Waals surface area contributed by atoms with E-state index in [9.17, 15) is 18.0 Å². The Bertz CT molecular complexity index is 618. The first-order valence-corrected chi connectivity index (χ1v) is 10.1. The summed E-state index contributed by atoms with van der Waals surface area (Å²) < 4.78 is 33.7. The number of sulfone groups is 1. The van der Waals surface area contributed by atoms with Gasteiger partial charge in [0.1, 0.15) is 12.2 Å². The van der Waals surface area contributed by atoms with Gasteiger partial charge in [-0.25, -0.2) is 8.42 Å². The molecule has 4 aliphatic rings. The number of nitrogens with zero attached hydrogens (tertiary/aromatic N) is 1. The van der Waals surface area contributed by atoms with Crippen molar-refractivity contribution in [3.05, 3.63) is 0 Å². The molecule has 0 aromatic carbocycles. The molecule has 5 atom stereocenters. The van der Waals surface area contributed by atoms with Crippen molar-refractivity contribution in [1.82, 2.24) is 4.90 Å². The number of hydrogen-bond donors (Lipinski definition) is 0. The third-order valence-corrected chi connectivity index (χ3v) is 7.36. The molecule has 2 bridgehead atoms. The molecule has 2 heterocycles. The summed E-state index contributed by atoms with van der Waals surface area (Å²) in [5.74, 6) is 0.422. The van der Waals surface area contributed by atoms with Gasteiger partial charge in [0.2, 0.25) is 0 Å². The van der Waals surface area contributed by atoms with E-state index >= 15 is 0 Å². The van der Waals surface area contributed by atoms with Crippen LogP contribution in [0.3, 0.4) is 0 Å². The molecule has 0 amide bonds. The molecule has 2 saturated heterocycles. The van der Waals surface area contributed by atoms with Crippen LogP contribution in [0.15, 0.2) is 0 Å². The van der Waals surface area contributed by atoms with Crippen molar-refractivity contribution in [3.63, 3.8) is 0 Å². The predicted octanol–water partition coefficient (Wildman–Crippen LogP) is -0.400. The lowest BCUT2D eigenvalue weighted by Gasteiger charge is -2.27. The summed E-state index contributed by atoms with van der Waals surface area (Å²) in [7, 11) is -2.90. The molecule has 0 aromatic heterocycles. The smallest absolute Gasteiger partial charge is 0.309 e. The van der Waals surface area contributed by atoms with Gasteiger partial charge in [-0.05, 0) is 12.8 Å². The summed E-state index contributed by atoms with van der Waals surface area (Å²) in [5, 5.41) is 0. The first-order valence-electron chi connectivity index (χ1n) is 8.26. The maximum Gasteiger partial charge on any atom is 0.309 e. The number of rotatable bonds is 4. The van der Waals surface area contributed by atoms with Gasteiger partial charge in [-0.3, -0.25) is 9.59 Å². The molecule has 2 aliphatic heterocycles. The van der Waals surface area contributed by atoms with E-state index in [0.717, 1.165) is 12.8 Å². The van der Waals surface area contributed by atoms with Gasteiger partial charge in [0, 0.05) is 31.5 Å².